The summed E-state index contributed by atoms with van der Waals surface area (Å²) in [5, 5.41) is 10.2. The van der Waals surface area contributed by atoms with E-state index >= 15 is 0 Å². The van der Waals surface area contributed by atoms with Crippen LogP contribution in [0, 0.1) is 0 Å². The lowest BCUT2D eigenvalue weighted by atomic mass is 10.1. The van der Waals surface area contributed by atoms with Crippen LogP contribution in [0.2, 0.25) is 5.02 Å². The quantitative estimate of drug-likeness (QED) is 0.398. The van der Waals surface area contributed by atoms with Crippen molar-refractivity contribution in [1.29, 1.82) is 0 Å². The standard InChI is InChI=1S/C26H27ClN6O2/c1-35-17-24-23(26(34)30-14-22-11-20-10-21(27)6-5-19(20)13-28-22)16-33(31-24)15-18-4-7-25(29-12-18)32-8-2-3-9-32/h4-7,10-13,16H,2-3,8-9,14-15,17H2,1H3,(H,30,34). The number of carbonyl (C=O) groups excluding carboxylic acids is 1. The number of carbonyl (C=O) groups is 1. The van der Waals surface area contributed by atoms with E-state index in [0.29, 0.717) is 29.4 Å². The van der Waals surface area contributed by atoms with Gasteiger partial charge in [0.1, 0.15) is 11.5 Å². The van der Waals surface area contributed by atoms with Gasteiger partial charge in [-0.05, 0) is 48.1 Å². The number of amides is 1. The van der Waals surface area contributed by atoms with Gasteiger partial charge in [0.05, 0.1) is 31.0 Å². The first-order chi connectivity index (χ1) is 17.1. The van der Waals surface area contributed by atoms with Crippen LogP contribution in [0.1, 0.15) is 40.2 Å². The molecule has 180 valence electrons. The van der Waals surface area contributed by atoms with Crippen LogP contribution in [0.25, 0.3) is 10.8 Å². The average molecular weight is 491 g/mol. The van der Waals surface area contributed by atoms with E-state index in [1.165, 1.54) is 12.8 Å². The Bertz CT molecular complexity index is 1330. The summed E-state index contributed by atoms with van der Waals surface area (Å²) >= 11 is 6.11. The normalized spacial score (nSPS) is 13.5. The van der Waals surface area contributed by atoms with E-state index in [1.54, 1.807) is 24.2 Å². The SMILES string of the molecule is COCc1nn(Cc2ccc(N3CCCC3)nc2)cc1C(=O)NCc1cc2cc(Cl)ccc2cn1. The molecule has 0 atom stereocenters. The van der Waals surface area contributed by atoms with Crippen molar-refractivity contribution in [3.63, 3.8) is 0 Å². The summed E-state index contributed by atoms with van der Waals surface area (Å²) in [5.41, 5.74) is 2.84. The summed E-state index contributed by atoms with van der Waals surface area (Å²) in [4.78, 5) is 24.4. The lowest BCUT2D eigenvalue weighted by Crippen LogP contribution is -2.24. The molecule has 5 rings (SSSR count). The van der Waals surface area contributed by atoms with Gasteiger partial charge in [-0.3, -0.25) is 14.5 Å². The van der Waals surface area contributed by atoms with E-state index in [1.807, 2.05) is 30.5 Å². The molecule has 9 heteroatoms. The molecule has 0 spiro atoms. The van der Waals surface area contributed by atoms with Gasteiger partial charge >= 0.3 is 0 Å². The van der Waals surface area contributed by atoms with Crippen molar-refractivity contribution in [2.75, 3.05) is 25.1 Å². The van der Waals surface area contributed by atoms with Crippen molar-refractivity contribution in [3.05, 3.63) is 82.5 Å². The summed E-state index contributed by atoms with van der Waals surface area (Å²) in [5.74, 6) is 0.787. The molecule has 1 saturated heterocycles. The van der Waals surface area contributed by atoms with E-state index in [-0.39, 0.29) is 12.5 Å². The van der Waals surface area contributed by atoms with E-state index in [9.17, 15) is 4.79 Å². The maximum Gasteiger partial charge on any atom is 0.255 e. The number of ether oxygens (including phenoxy) is 1. The first-order valence-electron chi connectivity index (χ1n) is 11.7. The van der Waals surface area contributed by atoms with Gasteiger partial charge in [0, 0.05) is 49.2 Å². The minimum atomic E-state index is -0.223. The second-order valence-corrected chi connectivity index (χ2v) is 9.13. The molecule has 3 aromatic heterocycles. The third-order valence-corrected chi connectivity index (χ3v) is 6.35. The molecule has 8 nitrogen and oxygen atoms in total. The highest BCUT2D eigenvalue weighted by Crippen LogP contribution is 2.20. The zero-order valence-corrected chi connectivity index (χ0v) is 20.3. The largest absolute Gasteiger partial charge is 0.378 e. The Morgan fingerprint density at radius 3 is 2.71 bits per heavy atom. The van der Waals surface area contributed by atoms with Gasteiger partial charge in [-0.2, -0.15) is 5.10 Å². The minimum Gasteiger partial charge on any atom is -0.378 e. The van der Waals surface area contributed by atoms with Crippen LogP contribution < -0.4 is 10.2 Å². The second kappa shape index (κ2) is 10.4. The summed E-state index contributed by atoms with van der Waals surface area (Å²) < 4.78 is 7.03. The first-order valence-corrected chi connectivity index (χ1v) is 12.0. The predicted octanol–water partition coefficient (Wildman–Crippen LogP) is 4.20. The Morgan fingerprint density at radius 2 is 1.94 bits per heavy atom. The fourth-order valence-electron chi connectivity index (χ4n) is 4.33. The fourth-order valence-corrected chi connectivity index (χ4v) is 4.51. The van der Waals surface area contributed by atoms with Crippen molar-refractivity contribution in [1.82, 2.24) is 25.1 Å². The molecular weight excluding hydrogens is 464 g/mol. The van der Waals surface area contributed by atoms with Gasteiger partial charge in [0.2, 0.25) is 0 Å². The molecule has 0 radical (unpaired) electrons. The highest BCUT2D eigenvalue weighted by atomic mass is 35.5. The zero-order valence-electron chi connectivity index (χ0n) is 19.6. The molecule has 1 aromatic carbocycles. The van der Waals surface area contributed by atoms with E-state index in [0.717, 1.165) is 40.9 Å². The Morgan fingerprint density at radius 1 is 1.09 bits per heavy atom. The number of halogens is 1. The number of benzene rings is 1. The molecule has 1 amide bonds. The predicted molar refractivity (Wildman–Crippen MR) is 136 cm³/mol. The number of fused-ring (bicyclic) bond motifs is 1. The molecule has 0 unspecified atom stereocenters. The van der Waals surface area contributed by atoms with Crippen LogP contribution >= 0.6 is 11.6 Å². The van der Waals surface area contributed by atoms with Crippen LogP contribution in [0.3, 0.4) is 0 Å². The van der Waals surface area contributed by atoms with Gasteiger partial charge in [-0.1, -0.05) is 23.7 Å². The molecule has 0 saturated carbocycles. The Balaban J connectivity index is 1.27. The molecule has 1 aliphatic heterocycles. The maximum atomic E-state index is 13.0. The number of anilines is 1. The highest BCUT2D eigenvalue weighted by Gasteiger charge is 2.17. The number of pyridine rings is 2. The number of rotatable bonds is 8. The highest BCUT2D eigenvalue weighted by molar-refractivity contribution is 6.31. The number of hydrogen-bond donors (Lipinski definition) is 1. The smallest absolute Gasteiger partial charge is 0.255 e. The van der Waals surface area contributed by atoms with Crippen LogP contribution in [-0.4, -0.2) is 45.9 Å². The van der Waals surface area contributed by atoms with Gasteiger partial charge in [0.25, 0.3) is 5.91 Å². The first kappa shape index (κ1) is 23.3. The summed E-state index contributed by atoms with van der Waals surface area (Å²) in [6.45, 7) is 3.18. The van der Waals surface area contributed by atoms with Crippen molar-refractivity contribution in [2.45, 2.75) is 32.5 Å². The Labute approximate surface area is 208 Å². The molecule has 0 bridgehead atoms. The number of methoxy groups -OCH3 is 1. The third kappa shape index (κ3) is 5.44. The lowest BCUT2D eigenvalue weighted by Gasteiger charge is -2.16. The summed E-state index contributed by atoms with van der Waals surface area (Å²) in [6.07, 6.45) is 7.85. The molecule has 1 N–H and O–H groups in total. The summed E-state index contributed by atoms with van der Waals surface area (Å²) in [7, 11) is 1.59. The van der Waals surface area contributed by atoms with E-state index < -0.39 is 0 Å². The minimum absolute atomic E-state index is 0.223. The van der Waals surface area contributed by atoms with Crippen molar-refractivity contribution < 1.29 is 9.53 Å². The third-order valence-electron chi connectivity index (χ3n) is 6.12. The molecule has 4 heterocycles. The van der Waals surface area contributed by atoms with Gasteiger partial charge < -0.3 is 15.0 Å². The maximum absolute atomic E-state index is 13.0. The summed E-state index contributed by atoms with van der Waals surface area (Å²) in [6, 6.07) is 11.7. The van der Waals surface area contributed by atoms with E-state index in [2.05, 4.69) is 37.4 Å². The van der Waals surface area contributed by atoms with Gasteiger partial charge in [-0.25, -0.2) is 4.98 Å². The van der Waals surface area contributed by atoms with Gasteiger partial charge in [0.15, 0.2) is 0 Å². The van der Waals surface area contributed by atoms with Crippen LogP contribution in [0.4, 0.5) is 5.82 Å². The topological polar surface area (TPSA) is 85.2 Å². The molecule has 1 aliphatic rings. The molecule has 4 aromatic rings. The van der Waals surface area contributed by atoms with Gasteiger partial charge in [-0.15, -0.1) is 0 Å². The Kier molecular flexibility index (Phi) is 6.92. The van der Waals surface area contributed by atoms with Crippen molar-refractivity contribution in [2.24, 2.45) is 0 Å². The molecular formula is C26H27ClN6O2. The lowest BCUT2D eigenvalue weighted by molar-refractivity contribution is 0.0945. The zero-order chi connectivity index (χ0) is 24.2. The molecule has 1 fully saturated rings. The molecule has 35 heavy (non-hydrogen) atoms. The van der Waals surface area contributed by atoms with Crippen LogP contribution in [0.5, 0.6) is 0 Å². The number of nitrogens with zero attached hydrogens (tertiary/aromatic N) is 5. The Hall–Kier alpha value is -3.49. The second-order valence-electron chi connectivity index (χ2n) is 8.69. The number of aromatic nitrogens is 4. The van der Waals surface area contributed by atoms with Crippen LogP contribution in [0.15, 0.2) is 55.0 Å². The van der Waals surface area contributed by atoms with Crippen molar-refractivity contribution in [3.8, 4) is 0 Å². The monoisotopic (exact) mass is 490 g/mol. The van der Waals surface area contributed by atoms with Crippen molar-refractivity contribution >= 4 is 34.1 Å². The average Bonchev–Trinajstić information content (AvgIpc) is 3.54. The van der Waals surface area contributed by atoms with E-state index in [4.69, 9.17) is 16.3 Å². The molecule has 0 aliphatic carbocycles. The number of nitrogens with one attached hydrogen (secondary N) is 1. The fraction of sp³-hybridized carbons (Fsp3) is 0.308. The van der Waals surface area contributed by atoms with Crippen LogP contribution in [-0.2, 0) is 24.4 Å². The number of hydrogen-bond acceptors (Lipinski definition) is 6.